The summed E-state index contributed by atoms with van der Waals surface area (Å²) in [6, 6.07) is 23.5. The first kappa shape index (κ1) is 39.4. The molecule has 3 aromatic carbocycles. The maximum atomic E-state index is 13.2. The third-order valence-electron chi connectivity index (χ3n) is 11.3. The largest absolute Gasteiger partial charge is 0.494 e. The van der Waals surface area contributed by atoms with Gasteiger partial charge in [0.15, 0.2) is 6.10 Å². The summed E-state index contributed by atoms with van der Waals surface area (Å²) in [4.78, 5) is 26.2. The van der Waals surface area contributed by atoms with Crippen molar-refractivity contribution < 1.29 is 28.5 Å². The van der Waals surface area contributed by atoms with Gasteiger partial charge >= 0.3 is 11.9 Å². The summed E-state index contributed by atoms with van der Waals surface area (Å²) < 4.78 is 23.5. The molecule has 2 fully saturated rings. The molecule has 1 atom stereocenters. The van der Waals surface area contributed by atoms with Crippen LogP contribution >= 0.6 is 0 Å². The number of hydrogen-bond donors (Lipinski definition) is 0. The van der Waals surface area contributed by atoms with E-state index in [0.717, 1.165) is 53.6 Å². The van der Waals surface area contributed by atoms with Crippen LogP contribution in [0.4, 0.5) is 0 Å². The predicted molar refractivity (Wildman–Crippen MR) is 208 cm³/mol. The fraction of sp³-hybridized carbons (Fsp3) is 0.565. The molecule has 0 aliphatic heterocycles. The zero-order valence-electron chi connectivity index (χ0n) is 31.8. The van der Waals surface area contributed by atoms with Gasteiger partial charge in [0.2, 0.25) is 0 Å². The average Bonchev–Trinajstić information content (AvgIpc) is 3.19. The Morgan fingerprint density at radius 2 is 0.981 bits per heavy atom. The zero-order valence-corrected chi connectivity index (χ0v) is 31.8. The van der Waals surface area contributed by atoms with Crippen molar-refractivity contribution in [1.82, 2.24) is 0 Å². The molecular weight excluding hydrogens is 648 g/mol. The Balaban J connectivity index is 1.03. The van der Waals surface area contributed by atoms with Crippen molar-refractivity contribution in [3.8, 4) is 11.5 Å². The second-order valence-corrected chi connectivity index (χ2v) is 15.3. The molecule has 3 aromatic rings. The number of hydrogen-bond acceptors (Lipinski definition) is 6. The van der Waals surface area contributed by atoms with Crippen molar-refractivity contribution in [2.45, 2.75) is 123 Å². The summed E-state index contributed by atoms with van der Waals surface area (Å²) in [5.41, 5.74) is 1.59. The number of ether oxygens (including phenoxy) is 4. The SMILES string of the molecule is CCCC1CCC(CCCOc2ccc(C(=O)OCC(OC(=O)c3ccc(OCCCC4CCC(CCC)CC4)cc3)c3ccccc3)cc2)CC1. The van der Waals surface area contributed by atoms with Crippen molar-refractivity contribution in [3.05, 3.63) is 95.6 Å². The van der Waals surface area contributed by atoms with Gasteiger partial charge in [0.05, 0.1) is 24.3 Å². The maximum absolute atomic E-state index is 13.2. The summed E-state index contributed by atoms with van der Waals surface area (Å²) in [7, 11) is 0. The average molecular weight is 711 g/mol. The fourth-order valence-corrected chi connectivity index (χ4v) is 8.23. The van der Waals surface area contributed by atoms with Crippen molar-refractivity contribution in [3.63, 3.8) is 0 Å². The highest BCUT2D eigenvalue weighted by Crippen LogP contribution is 2.35. The monoisotopic (exact) mass is 710 g/mol. The second kappa shape index (κ2) is 21.7. The molecule has 2 aliphatic rings. The molecule has 0 N–H and O–H groups in total. The Morgan fingerprint density at radius 3 is 1.42 bits per heavy atom. The quantitative estimate of drug-likeness (QED) is 0.0858. The lowest BCUT2D eigenvalue weighted by Gasteiger charge is -2.28. The lowest BCUT2D eigenvalue weighted by molar-refractivity contribution is -0.00134. The molecule has 6 heteroatoms. The van der Waals surface area contributed by atoms with Gasteiger partial charge in [-0.05, 0) is 103 Å². The smallest absolute Gasteiger partial charge is 0.338 e. The van der Waals surface area contributed by atoms with Crippen LogP contribution in [0.15, 0.2) is 78.9 Å². The summed E-state index contributed by atoms with van der Waals surface area (Å²) in [5, 5.41) is 0. The van der Waals surface area contributed by atoms with E-state index in [1.165, 1.54) is 89.9 Å². The highest BCUT2D eigenvalue weighted by Gasteiger charge is 2.23. The van der Waals surface area contributed by atoms with E-state index in [-0.39, 0.29) is 6.61 Å². The Bertz CT molecular complexity index is 1440. The molecule has 0 spiro atoms. The molecule has 0 amide bonds. The molecule has 0 saturated heterocycles. The number of esters is 2. The number of rotatable bonds is 20. The van der Waals surface area contributed by atoms with Gasteiger partial charge in [-0.3, -0.25) is 0 Å². The van der Waals surface area contributed by atoms with Crippen LogP contribution in [0.25, 0.3) is 0 Å². The van der Waals surface area contributed by atoms with E-state index in [1.54, 1.807) is 24.3 Å². The van der Waals surface area contributed by atoms with Crippen LogP contribution < -0.4 is 9.47 Å². The normalized spacial score (nSPS) is 20.8. The van der Waals surface area contributed by atoms with Gasteiger partial charge in [0.1, 0.15) is 18.1 Å². The molecule has 0 heterocycles. The van der Waals surface area contributed by atoms with Gasteiger partial charge in [0, 0.05) is 0 Å². The van der Waals surface area contributed by atoms with Gasteiger partial charge in [-0.25, -0.2) is 9.59 Å². The van der Waals surface area contributed by atoms with Gasteiger partial charge < -0.3 is 18.9 Å². The number of carbonyl (C=O) groups is 2. The Hall–Kier alpha value is -3.80. The Morgan fingerprint density at radius 1 is 0.558 bits per heavy atom. The summed E-state index contributed by atoms with van der Waals surface area (Å²) in [5.74, 6) is 4.06. The third kappa shape index (κ3) is 13.0. The minimum absolute atomic E-state index is 0.103. The first-order valence-electron chi connectivity index (χ1n) is 20.4. The molecule has 282 valence electrons. The highest BCUT2D eigenvalue weighted by molar-refractivity contribution is 5.90. The standard InChI is InChI=1S/C46H62O6/c1-3-10-35-16-20-37(21-17-35)12-8-32-49-42-28-24-40(25-29-42)45(47)51-34-44(39-14-6-5-7-15-39)52-46(48)41-26-30-43(31-27-41)50-33-9-13-38-22-18-36(11-4-2)19-23-38/h5-7,14-15,24-31,35-38,44H,3-4,8-13,16-23,32-34H2,1-2H3. The van der Waals surface area contributed by atoms with Gasteiger partial charge in [-0.15, -0.1) is 0 Å². The summed E-state index contributed by atoms with van der Waals surface area (Å²) >= 11 is 0. The second-order valence-electron chi connectivity index (χ2n) is 15.3. The first-order chi connectivity index (χ1) is 25.5. The lowest BCUT2D eigenvalue weighted by atomic mass is 9.78. The molecule has 1 unspecified atom stereocenters. The van der Waals surface area contributed by atoms with Crippen molar-refractivity contribution >= 4 is 11.9 Å². The van der Waals surface area contributed by atoms with Crippen LogP contribution in [0.1, 0.15) is 149 Å². The minimum atomic E-state index is -0.755. The van der Waals surface area contributed by atoms with E-state index in [1.807, 2.05) is 54.6 Å². The van der Waals surface area contributed by atoms with Crippen LogP contribution in [0, 0.1) is 23.7 Å². The molecule has 2 aliphatic carbocycles. The van der Waals surface area contributed by atoms with E-state index in [0.29, 0.717) is 24.3 Å². The molecule has 6 nitrogen and oxygen atoms in total. The number of benzene rings is 3. The minimum Gasteiger partial charge on any atom is -0.494 e. The van der Waals surface area contributed by atoms with E-state index >= 15 is 0 Å². The molecule has 0 bridgehead atoms. The van der Waals surface area contributed by atoms with Gasteiger partial charge in [-0.1, -0.05) is 121 Å². The van der Waals surface area contributed by atoms with E-state index in [9.17, 15) is 9.59 Å². The zero-order chi connectivity index (χ0) is 36.4. The van der Waals surface area contributed by atoms with Crippen LogP contribution in [0.5, 0.6) is 11.5 Å². The van der Waals surface area contributed by atoms with E-state index in [2.05, 4.69) is 13.8 Å². The fourth-order valence-electron chi connectivity index (χ4n) is 8.23. The Kier molecular flexibility index (Phi) is 16.4. The van der Waals surface area contributed by atoms with Gasteiger partial charge in [0.25, 0.3) is 0 Å². The lowest BCUT2D eigenvalue weighted by Crippen LogP contribution is -2.19. The van der Waals surface area contributed by atoms with Crippen molar-refractivity contribution in [2.24, 2.45) is 23.7 Å². The van der Waals surface area contributed by atoms with Crippen LogP contribution in [0.2, 0.25) is 0 Å². The van der Waals surface area contributed by atoms with E-state index < -0.39 is 18.0 Å². The van der Waals surface area contributed by atoms with Gasteiger partial charge in [-0.2, -0.15) is 0 Å². The molecule has 0 radical (unpaired) electrons. The third-order valence-corrected chi connectivity index (χ3v) is 11.3. The molecule has 0 aromatic heterocycles. The van der Waals surface area contributed by atoms with Crippen LogP contribution in [0.3, 0.4) is 0 Å². The van der Waals surface area contributed by atoms with Crippen molar-refractivity contribution in [2.75, 3.05) is 19.8 Å². The summed E-state index contributed by atoms with van der Waals surface area (Å²) in [6.07, 6.45) is 20.1. The topological polar surface area (TPSA) is 71.1 Å². The van der Waals surface area contributed by atoms with Crippen LogP contribution in [-0.4, -0.2) is 31.8 Å². The molecular formula is C46H62O6. The molecule has 52 heavy (non-hydrogen) atoms. The maximum Gasteiger partial charge on any atom is 0.338 e. The van der Waals surface area contributed by atoms with E-state index in [4.69, 9.17) is 18.9 Å². The first-order valence-corrected chi connectivity index (χ1v) is 20.4. The van der Waals surface area contributed by atoms with Crippen LogP contribution in [-0.2, 0) is 9.47 Å². The molecule has 5 rings (SSSR count). The highest BCUT2D eigenvalue weighted by atomic mass is 16.6. The predicted octanol–water partition coefficient (Wildman–Crippen LogP) is 12.0. The van der Waals surface area contributed by atoms with Crippen molar-refractivity contribution in [1.29, 1.82) is 0 Å². The molecule has 2 saturated carbocycles. The summed E-state index contributed by atoms with van der Waals surface area (Å²) in [6.45, 7) is 5.83. The Labute approximate surface area is 313 Å². The number of carbonyl (C=O) groups excluding carboxylic acids is 2.